The molecule has 1 aliphatic carbocycles. The van der Waals surface area contributed by atoms with E-state index in [1.165, 1.54) is 11.1 Å². The van der Waals surface area contributed by atoms with Crippen LogP contribution in [0.15, 0.2) is 48.5 Å². The van der Waals surface area contributed by atoms with Crippen molar-refractivity contribution in [3.63, 3.8) is 0 Å². The molecule has 4 rings (SSSR count). The number of alkyl carbamates (subject to hydrolysis) is 1. The Morgan fingerprint density at radius 2 is 1.67 bits per heavy atom. The number of ether oxygens (including phenoxy) is 1. The predicted molar refractivity (Wildman–Crippen MR) is 124 cm³/mol. The summed E-state index contributed by atoms with van der Waals surface area (Å²) in [6.07, 6.45) is 0.224. The number of hydrogen-bond donors (Lipinski definition) is 2. The van der Waals surface area contributed by atoms with Crippen molar-refractivity contribution in [2.75, 3.05) is 26.2 Å². The molecule has 1 saturated heterocycles. The molecule has 1 fully saturated rings. The molecule has 0 radical (unpaired) electrons. The van der Waals surface area contributed by atoms with Crippen molar-refractivity contribution in [2.24, 2.45) is 11.3 Å². The number of benzene rings is 2. The number of carbonyl (C=O) groups is 3. The number of hydrogen-bond acceptors (Lipinski definition) is 4. The Kier molecular flexibility index (Phi) is 6.40. The molecule has 2 N–H and O–H groups in total. The van der Waals surface area contributed by atoms with Crippen molar-refractivity contribution in [1.29, 1.82) is 0 Å². The highest BCUT2D eigenvalue weighted by atomic mass is 16.5. The average Bonchev–Trinajstić information content (AvgIpc) is 3.29. The molecular weight excluding hydrogens is 420 g/mol. The lowest BCUT2D eigenvalue weighted by Crippen LogP contribution is -2.31. The Morgan fingerprint density at radius 1 is 1.06 bits per heavy atom. The molecule has 1 heterocycles. The van der Waals surface area contributed by atoms with Gasteiger partial charge in [-0.15, -0.1) is 0 Å². The van der Waals surface area contributed by atoms with Gasteiger partial charge < -0.3 is 20.1 Å². The molecule has 1 unspecified atom stereocenters. The fourth-order valence-corrected chi connectivity index (χ4v) is 4.97. The molecule has 33 heavy (non-hydrogen) atoms. The minimum Gasteiger partial charge on any atom is -0.481 e. The van der Waals surface area contributed by atoms with Gasteiger partial charge in [0.15, 0.2) is 0 Å². The second-order valence-corrected chi connectivity index (χ2v) is 9.51. The van der Waals surface area contributed by atoms with Gasteiger partial charge in [-0.05, 0) is 34.1 Å². The van der Waals surface area contributed by atoms with Gasteiger partial charge in [0.1, 0.15) is 6.61 Å². The van der Waals surface area contributed by atoms with Crippen LogP contribution in [0.1, 0.15) is 43.7 Å². The van der Waals surface area contributed by atoms with Gasteiger partial charge in [-0.3, -0.25) is 9.59 Å². The molecule has 1 aliphatic heterocycles. The van der Waals surface area contributed by atoms with Crippen LogP contribution in [0.2, 0.25) is 0 Å². The smallest absolute Gasteiger partial charge is 0.407 e. The zero-order valence-corrected chi connectivity index (χ0v) is 19.0. The standard InChI is InChI=1S/C26H30N2O5/c1-26(2)16-28(14-22(26)24(30)31)23(29)12-7-13-27-25(32)33-15-21-19-10-5-3-8-17(19)18-9-4-6-11-20(18)21/h3-6,8-11,21-22H,7,12-16H2,1-2H3,(H,27,32)(H,30,31). The lowest BCUT2D eigenvalue weighted by atomic mass is 9.82. The number of likely N-dealkylation sites (tertiary alicyclic amines) is 1. The number of amides is 2. The molecule has 2 aromatic carbocycles. The molecule has 0 aromatic heterocycles. The number of carboxylic acids is 1. The Morgan fingerprint density at radius 3 is 2.24 bits per heavy atom. The van der Waals surface area contributed by atoms with E-state index in [1.807, 2.05) is 38.1 Å². The summed E-state index contributed by atoms with van der Waals surface area (Å²) in [6, 6.07) is 16.3. The van der Waals surface area contributed by atoms with Crippen LogP contribution in [-0.4, -0.2) is 54.2 Å². The molecule has 174 valence electrons. The van der Waals surface area contributed by atoms with Crippen molar-refractivity contribution >= 4 is 18.0 Å². The predicted octanol–water partition coefficient (Wildman–Crippen LogP) is 3.87. The maximum absolute atomic E-state index is 12.5. The van der Waals surface area contributed by atoms with Crippen LogP contribution in [0.5, 0.6) is 0 Å². The van der Waals surface area contributed by atoms with Gasteiger partial charge in [0.2, 0.25) is 5.91 Å². The summed E-state index contributed by atoms with van der Waals surface area (Å²) < 4.78 is 5.50. The van der Waals surface area contributed by atoms with Crippen LogP contribution >= 0.6 is 0 Å². The number of carboxylic acid groups (broad SMARTS) is 1. The number of aliphatic carboxylic acids is 1. The Balaban J connectivity index is 1.22. The van der Waals surface area contributed by atoms with Gasteiger partial charge in [-0.2, -0.15) is 0 Å². The van der Waals surface area contributed by atoms with E-state index in [2.05, 4.69) is 29.6 Å². The number of fused-ring (bicyclic) bond motifs is 3. The van der Waals surface area contributed by atoms with Gasteiger partial charge >= 0.3 is 12.1 Å². The molecular formula is C26H30N2O5. The molecule has 0 spiro atoms. The topological polar surface area (TPSA) is 95.9 Å². The number of nitrogens with zero attached hydrogens (tertiary/aromatic N) is 1. The molecule has 0 saturated carbocycles. The van der Waals surface area contributed by atoms with Crippen molar-refractivity contribution in [3.05, 3.63) is 59.7 Å². The minimum absolute atomic E-state index is 0.00503. The van der Waals surface area contributed by atoms with E-state index in [1.54, 1.807) is 4.90 Å². The number of nitrogens with one attached hydrogen (secondary N) is 1. The van der Waals surface area contributed by atoms with Gasteiger partial charge in [0.25, 0.3) is 0 Å². The van der Waals surface area contributed by atoms with E-state index >= 15 is 0 Å². The first-order chi connectivity index (χ1) is 15.8. The van der Waals surface area contributed by atoms with Crippen LogP contribution in [0.3, 0.4) is 0 Å². The molecule has 1 atom stereocenters. The number of rotatable bonds is 7. The number of carbonyl (C=O) groups excluding carboxylic acids is 2. The Labute approximate surface area is 193 Å². The second-order valence-electron chi connectivity index (χ2n) is 9.51. The SMILES string of the molecule is CC1(C)CN(C(=O)CCCNC(=O)OCC2c3ccccc3-c3ccccc32)CC1C(=O)O. The van der Waals surface area contributed by atoms with Gasteiger partial charge in [-0.25, -0.2) is 4.79 Å². The van der Waals surface area contributed by atoms with E-state index in [-0.39, 0.29) is 31.4 Å². The van der Waals surface area contributed by atoms with Crippen molar-refractivity contribution < 1.29 is 24.2 Å². The van der Waals surface area contributed by atoms with E-state index in [4.69, 9.17) is 4.74 Å². The fourth-order valence-electron chi connectivity index (χ4n) is 4.97. The Bertz CT molecular complexity index is 1020. The van der Waals surface area contributed by atoms with Crippen molar-refractivity contribution in [3.8, 4) is 11.1 Å². The maximum Gasteiger partial charge on any atom is 0.407 e. The summed E-state index contributed by atoms with van der Waals surface area (Å²) in [6.45, 7) is 4.99. The normalized spacial score (nSPS) is 18.5. The minimum atomic E-state index is -0.868. The first kappa shape index (κ1) is 22.8. The summed E-state index contributed by atoms with van der Waals surface area (Å²) >= 11 is 0. The molecule has 2 aliphatic rings. The summed E-state index contributed by atoms with van der Waals surface area (Å²) in [5, 5.41) is 12.1. The summed E-state index contributed by atoms with van der Waals surface area (Å²) in [5.41, 5.74) is 4.23. The van der Waals surface area contributed by atoms with Crippen LogP contribution in [0.25, 0.3) is 11.1 Å². The van der Waals surface area contributed by atoms with Crippen LogP contribution in [-0.2, 0) is 14.3 Å². The molecule has 7 heteroatoms. The highest BCUT2D eigenvalue weighted by molar-refractivity contribution is 5.80. The largest absolute Gasteiger partial charge is 0.481 e. The van der Waals surface area contributed by atoms with Crippen molar-refractivity contribution in [2.45, 2.75) is 32.6 Å². The third kappa shape index (κ3) is 4.72. The monoisotopic (exact) mass is 450 g/mol. The lowest BCUT2D eigenvalue weighted by Gasteiger charge is -2.21. The van der Waals surface area contributed by atoms with Crippen molar-refractivity contribution in [1.82, 2.24) is 10.2 Å². The first-order valence-corrected chi connectivity index (χ1v) is 11.4. The summed E-state index contributed by atoms with van der Waals surface area (Å²) in [4.78, 5) is 37.7. The highest BCUT2D eigenvalue weighted by Crippen LogP contribution is 2.44. The third-order valence-electron chi connectivity index (χ3n) is 6.78. The lowest BCUT2D eigenvalue weighted by molar-refractivity contribution is -0.144. The van der Waals surface area contributed by atoms with Crippen LogP contribution in [0.4, 0.5) is 4.79 Å². The first-order valence-electron chi connectivity index (χ1n) is 11.4. The molecule has 2 aromatic rings. The third-order valence-corrected chi connectivity index (χ3v) is 6.78. The average molecular weight is 451 g/mol. The molecule has 0 bridgehead atoms. The summed E-state index contributed by atoms with van der Waals surface area (Å²) in [5.74, 6) is -1.50. The van der Waals surface area contributed by atoms with E-state index < -0.39 is 23.4 Å². The highest BCUT2D eigenvalue weighted by Gasteiger charge is 2.45. The summed E-state index contributed by atoms with van der Waals surface area (Å²) in [7, 11) is 0. The van der Waals surface area contributed by atoms with Gasteiger partial charge in [0.05, 0.1) is 5.92 Å². The quantitative estimate of drug-likeness (QED) is 0.624. The zero-order valence-electron chi connectivity index (χ0n) is 19.0. The molecule has 7 nitrogen and oxygen atoms in total. The Hall–Kier alpha value is -3.35. The maximum atomic E-state index is 12.5. The zero-order chi connectivity index (χ0) is 23.6. The molecule has 2 amide bonds. The van der Waals surface area contributed by atoms with E-state index in [9.17, 15) is 19.5 Å². The van der Waals surface area contributed by atoms with E-state index in [0.717, 1.165) is 11.1 Å². The second kappa shape index (κ2) is 9.25. The van der Waals surface area contributed by atoms with Crippen LogP contribution < -0.4 is 5.32 Å². The van der Waals surface area contributed by atoms with Gasteiger partial charge in [-0.1, -0.05) is 62.4 Å². The fraction of sp³-hybridized carbons (Fsp3) is 0.423. The van der Waals surface area contributed by atoms with Crippen LogP contribution in [0, 0.1) is 11.3 Å². The van der Waals surface area contributed by atoms with Gasteiger partial charge in [0, 0.05) is 32.0 Å². The van der Waals surface area contributed by atoms with E-state index in [0.29, 0.717) is 19.5 Å².